The van der Waals surface area contributed by atoms with Crippen molar-refractivity contribution in [3.63, 3.8) is 0 Å². The van der Waals surface area contributed by atoms with E-state index in [4.69, 9.17) is 11.6 Å². The van der Waals surface area contributed by atoms with Gasteiger partial charge in [0.15, 0.2) is 0 Å². The number of aryl methyl sites for hydroxylation is 1. The summed E-state index contributed by atoms with van der Waals surface area (Å²) in [7, 11) is 0. The molecule has 2 aliphatic rings. The third-order valence-corrected chi connectivity index (χ3v) is 7.32. The Bertz CT molecular complexity index is 993. The number of carbonyl (C=O) groups excluding carboxylic acids is 3. The number of halogens is 1. The number of benzene rings is 2. The molecule has 1 N–H and O–H groups in total. The minimum Gasteiger partial charge on any atom is -0.339 e. The van der Waals surface area contributed by atoms with Crippen LogP contribution in [-0.4, -0.2) is 59.0 Å². The van der Waals surface area contributed by atoms with Crippen molar-refractivity contribution in [2.24, 2.45) is 0 Å². The third kappa shape index (κ3) is 5.64. The molecule has 168 valence electrons. The zero-order valence-electron chi connectivity index (χ0n) is 17.8. The van der Waals surface area contributed by atoms with E-state index in [1.807, 2.05) is 29.2 Å². The smallest absolute Gasteiger partial charge is 0.238 e. The lowest BCUT2D eigenvalue weighted by Gasteiger charge is -2.35. The molecule has 2 heterocycles. The van der Waals surface area contributed by atoms with E-state index in [9.17, 15) is 14.4 Å². The Balaban J connectivity index is 1.22. The SMILES string of the molecule is O=C1Nc2cc(Cl)ccc2SC1CC(=O)N1CCN(C(=O)CCCc2ccccc2)CC1. The van der Waals surface area contributed by atoms with Crippen molar-refractivity contribution in [3.8, 4) is 0 Å². The molecule has 2 aromatic rings. The first-order chi connectivity index (χ1) is 15.5. The van der Waals surface area contributed by atoms with Crippen LogP contribution in [0.3, 0.4) is 0 Å². The van der Waals surface area contributed by atoms with Crippen LogP contribution in [0, 0.1) is 0 Å². The molecular formula is C24H26ClN3O3S. The van der Waals surface area contributed by atoms with Crippen LogP contribution in [0.25, 0.3) is 0 Å². The Morgan fingerprint density at radius 2 is 1.69 bits per heavy atom. The van der Waals surface area contributed by atoms with Gasteiger partial charge in [-0.3, -0.25) is 14.4 Å². The van der Waals surface area contributed by atoms with E-state index in [-0.39, 0.29) is 24.1 Å². The number of anilines is 1. The van der Waals surface area contributed by atoms with Crippen molar-refractivity contribution in [1.29, 1.82) is 0 Å². The normalized spacial score (nSPS) is 18.2. The van der Waals surface area contributed by atoms with E-state index < -0.39 is 5.25 Å². The van der Waals surface area contributed by atoms with Gasteiger partial charge in [0, 0.05) is 48.9 Å². The predicted octanol–water partition coefficient (Wildman–Crippen LogP) is 3.84. The second-order valence-electron chi connectivity index (χ2n) is 8.04. The molecule has 0 spiro atoms. The Morgan fingerprint density at radius 3 is 2.41 bits per heavy atom. The second-order valence-corrected chi connectivity index (χ2v) is 9.72. The van der Waals surface area contributed by atoms with Gasteiger partial charge in [0.2, 0.25) is 17.7 Å². The first kappa shape index (κ1) is 22.7. The first-order valence-electron chi connectivity index (χ1n) is 10.9. The standard InChI is InChI=1S/C24H26ClN3O3S/c25-18-9-10-20-19(15-18)26-24(31)21(32-20)16-23(30)28-13-11-27(12-14-28)22(29)8-4-7-17-5-2-1-3-6-17/h1-3,5-6,9-10,15,21H,4,7-8,11-14,16H2,(H,26,31). The van der Waals surface area contributed by atoms with Gasteiger partial charge in [-0.1, -0.05) is 41.9 Å². The summed E-state index contributed by atoms with van der Waals surface area (Å²) in [5.41, 5.74) is 1.93. The zero-order valence-corrected chi connectivity index (χ0v) is 19.3. The van der Waals surface area contributed by atoms with Crippen LogP contribution in [0.5, 0.6) is 0 Å². The number of hydrogen-bond donors (Lipinski definition) is 1. The third-order valence-electron chi connectivity index (χ3n) is 5.81. The summed E-state index contributed by atoms with van der Waals surface area (Å²) >= 11 is 7.38. The van der Waals surface area contributed by atoms with Gasteiger partial charge in [-0.25, -0.2) is 0 Å². The molecule has 2 aliphatic heterocycles. The molecule has 0 aromatic heterocycles. The molecule has 4 rings (SSSR count). The molecule has 1 fully saturated rings. The number of nitrogens with one attached hydrogen (secondary N) is 1. The fourth-order valence-electron chi connectivity index (χ4n) is 4.00. The van der Waals surface area contributed by atoms with Crippen molar-refractivity contribution in [2.75, 3.05) is 31.5 Å². The highest BCUT2D eigenvalue weighted by atomic mass is 35.5. The quantitative estimate of drug-likeness (QED) is 0.695. The highest BCUT2D eigenvalue weighted by Gasteiger charge is 2.32. The molecular weight excluding hydrogens is 446 g/mol. The number of nitrogens with zero attached hydrogens (tertiary/aromatic N) is 2. The lowest BCUT2D eigenvalue weighted by Crippen LogP contribution is -2.51. The highest BCUT2D eigenvalue weighted by Crippen LogP contribution is 2.38. The summed E-state index contributed by atoms with van der Waals surface area (Å²) in [6.45, 7) is 2.10. The van der Waals surface area contributed by atoms with E-state index in [2.05, 4.69) is 17.4 Å². The van der Waals surface area contributed by atoms with Crippen molar-refractivity contribution in [2.45, 2.75) is 35.8 Å². The van der Waals surface area contributed by atoms with Gasteiger partial charge in [0.25, 0.3) is 0 Å². The zero-order chi connectivity index (χ0) is 22.5. The minimum absolute atomic E-state index is 0.0498. The fraction of sp³-hybridized carbons (Fsp3) is 0.375. The second kappa shape index (κ2) is 10.4. The van der Waals surface area contributed by atoms with Crippen LogP contribution >= 0.6 is 23.4 Å². The number of piperazine rings is 1. The maximum absolute atomic E-state index is 12.8. The Labute approximate surface area is 197 Å². The number of carbonyl (C=O) groups is 3. The first-order valence-corrected chi connectivity index (χ1v) is 12.1. The van der Waals surface area contributed by atoms with Gasteiger partial charge in [-0.05, 0) is 36.6 Å². The topological polar surface area (TPSA) is 69.7 Å². The molecule has 2 aromatic carbocycles. The average Bonchev–Trinajstić information content (AvgIpc) is 2.80. The molecule has 32 heavy (non-hydrogen) atoms. The van der Waals surface area contributed by atoms with E-state index in [1.165, 1.54) is 17.3 Å². The molecule has 0 aliphatic carbocycles. The van der Waals surface area contributed by atoms with Crippen molar-refractivity contribution in [3.05, 3.63) is 59.1 Å². The summed E-state index contributed by atoms with van der Waals surface area (Å²) in [6.07, 6.45) is 2.37. The summed E-state index contributed by atoms with van der Waals surface area (Å²) < 4.78 is 0. The summed E-state index contributed by atoms with van der Waals surface area (Å²) in [6, 6.07) is 15.5. The lowest BCUT2D eigenvalue weighted by molar-refractivity contribution is -0.139. The molecule has 1 atom stereocenters. The van der Waals surface area contributed by atoms with Crippen molar-refractivity contribution >= 4 is 46.8 Å². The number of rotatable bonds is 6. The van der Waals surface area contributed by atoms with Gasteiger partial charge in [0.1, 0.15) is 0 Å². The van der Waals surface area contributed by atoms with Crippen LogP contribution in [0.2, 0.25) is 5.02 Å². The fourth-order valence-corrected chi connectivity index (χ4v) is 5.25. The molecule has 0 saturated carbocycles. The van der Waals surface area contributed by atoms with Crippen LogP contribution in [-0.2, 0) is 20.8 Å². The molecule has 8 heteroatoms. The summed E-state index contributed by atoms with van der Waals surface area (Å²) in [5.74, 6) is -0.0814. The van der Waals surface area contributed by atoms with Gasteiger partial charge >= 0.3 is 0 Å². The van der Waals surface area contributed by atoms with Gasteiger partial charge in [-0.2, -0.15) is 0 Å². The van der Waals surface area contributed by atoms with Gasteiger partial charge < -0.3 is 15.1 Å². The Kier molecular flexibility index (Phi) is 7.37. The van der Waals surface area contributed by atoms with Gasteiger partial charge in [0.05, 0.1) is 10.9 Å². The van der Waals surface area contributed by atoms with Crippen LogP contribution in [0.1, 0.15) is 24.8 Å². The van der Waals surface area contributed by atoms with E-state index in [0.29, 0.717) is 43.3 Å². The molecule has 6 nitrogen and oxygen atoms in total. The van der Waals surface area contributed by atoms with Crippen LogP contribution < -0.4 is 5.32 Å². The summed E-state index contributed by atoms with van der Waals surface area (Å²) in [4.78, 5) is 42.3. The number of hydrogen-bond acceptors (Lipinski definition) is 4. The highest BCUT2D eigenvalue weighted by molar-refractivity contribution is 8.01. The molecule has 0 bridgehead atoms. The van der Waals surface area contributed by atoms with Gasteiger partial charge in [-0.15, -0.1) is 11.8 Å². The molecule has 0 radical (unpaired) electrons. The predicted molar refractivity (Wildman–Crippen MR) is 127 cm³/mol. The van der Waals surface area contributed by atoms with Crippen LogP contribution in [0.15, 0.2) is 53.4 Å². The Morgan fingerprint density at radius 1 is 1.00 bits per heavy atom. The lowest BCUT2D eigenvalue weighted by atomic mass is 10.1. The maximum Gasteiger partial charge on any atom is 0.238 e. The van der Waals surface area contributed by atoms with E-state index in [0.717, 1.165) is 17.7 Å². The van der Waals surface area contributed by atoms with Crippen molar-refractivity contribution < 1.29 is 14.4 Å². The maximum atomic E-state index is 12.8. The average molecular weight is 472 g/mol. The van der Waals surface area contributed by atoms with Crippen molar-refractivity contribution in [1.82, 2.24) is 9.80 Å². The monoisotopic (exact) mass is 471 g/mol. The largest absolute Gasteiger partial charge is 0.339 e. The van der Waals surface area contributed by atoms with E-state index in [1.54, 1.807) is 17.0 Å². The molecule has 3 amide bonds. The minimum atomic E-state index is -0.464. The molecule has 1 saturated heterocycles. The number of amides is 3. The van der Waals surface area contributed by atoms with E-state index >= 15 is 0 Å². The number of fused-ring (bicyclic) bond motifs is 1. The van der Waals surface area contributed by atoms with Crippen LogP contribution in [0.4, 0.5) is 5.69 Å². The Hall–Kier alpha value is -2.51. The molecule has 1 unspecified atom stereocenters. The number of thioether (sulfide) groups is 1. The summed E-state index contributed by atoms with van der Waals surface area (Å²) in [5, 5.41) is 2.94.